The molecule has 2 aromatic carbocycles. The Labute approximate surface area is 180 Å². The van der Waals surface area contributed by atoms with Crippen LogP contribution in [0.25, 0.3) is 0 Å². The van der Waals surface area contributed by atoms with Crippen molar-refractivity contribution in [3.63, 3.8) is 0 Å². The Balaban J connectivity index is 1.55. The third kappa shape index (κ3) is 5.68. The molecule has 1 aliphatic heterocycles. The van der Waals surface area contributed by atoms with Crippen LogP contribution in [0.1, 0.15) is 35.7 Å². The van der Waals surface area contributed by atoms with E-state index in [1.165, 1.54) is 40.7 Å². The lowest BCUT2D eigenvalue weighted by Gasteiger charge is -2.30. The summed E-state index contributed by atoms with van der Waals surface area (Å²) in [6.07, 6.45) is 0.671. The molecule has 0 unspecified atom stereocenters. The molecule has 1 saturated heterocycles. The maximum Gasteiger partial charge on any atom is 0.338 e. The molecule has 0 aromatic heterocycles. The van der Waals surface area contributed by atoms with Gasteiger partial charge in [-0.05, 0) is 61.7 Å². The Morgan fingerprint density at radius 2 is 1.74 bits per heavy atom. The fraction of sp³-hybridized carbons (Fsp3) is 0.364. The van der Waals surface area contributed by atoms with Crippen LogP contribution >= 0.6 is 0 Å². The number of hydrogen-bond donors (Lipinski definition) is 0. The van der Waals surface area contributed by atoms with Crippen molar-refractivity contribution in [2.24, 2.45) is 5.92 Å². The van der Waals surface area contributed by atoms with Crippen LogP contribution < -0.4 is 0 Å². The van der Waals surface area contributed by atoms with E-state index in [-0.39, 0.29) is 36.8 Å². The molecular weight excluding hydrogens is 425 g/mol. The number of carbonyl (C=O) groups excluding carboxylic acids is 2. The molecule has 0 atom stereocenters. The molecule has 9 heteroatoms. The van der Waals surface area contributed by atoms with E-state index in [2.05, 4.69) is 0 Å². The maximum absolute atomic E-state index is 13.2. The highest BCUT2D eigenvalue weighted by molar-refractivity contribution is 7.89. The van der Waals surface area contributed by atoms with Crippen LogP contribution in [-0.4, -0.2) is 44.4 Å². The number of esters is 2. The predicted molar refractivity (Wildman–Crippen MR) is 110 cm³/mol. The number of rotatable bonds is 7. The minimum atomic E-state index is -3.74. The Morgan fingerprint density at radius 3 is 2.35 bits per heavy atom. The molecule has 0 radical (unpaired) electrons. The highest BCUT2D eigenvalue weighted by Crippen LogP contribution is 2.25. The van der Waals surface area contributed by atoms with Crippen LogP contribution in [0.4, 0.5) is 4.39 Å². The fourth-order valence-corrected chi connectivity index (χ4v) is 4.83. The van der Waals surface area contributed by atoms with E-state index in [1.54, 1.807) is 19.1 Å². The molecule has 166 valence electrons. The first-order chi connectivity index (χ1) is 14.8. The van der Waals surface area contributed by atoms with E-state index in [4.69, 9.17) is 9.47 Å². The molecule has 0 N–H and O–H groups in total. The van der Waals surface area contributed by atoms with Crippen molar-refractivity contribution < 1.29 is 31.9 Å². The zero-order valence-electron chi connectivity index (χ0n) is 17.1. The lowest BCUT2D eigenvalue weighted by atomic mass is 9.98. The summed E-state index contributed by atoms with van der Waals surface area (Å²) in [5.74, 6) is -1.74. The molecule has 0 spiro atoms. The molecule has 3 rings (SSSR count). The first-order valence-electron chi connectivity index (χ1n) is 9.99. The maximum atomic E-state index is 13.2. The largest absolute Gasteiger partial charge is 0.462 e. The van der Waals surface area contributed by atoms with Crippen molar-refractivity contribution in [2.45, 2.75) is 31.3 Å². The van der Waals surface area contributed by atoms with Crippen molar-refractivity contribution in [1.29, 1.82) is 0 Å². The van der Waals surface area contributed by atoms with Crippen LogP contribution in [0.2, 0.25) is 0 Å². The second kappa shape index (κ2) is 10.0. The first-order valence-corrected chi connectivity index (χ1v) is 11.4. The molecule has 2 aromatic rings. The van der Waals surface area contributed by atoms with E-state index < -0.39 is 33.7 Å². The Bertz CT molecular complexity index is 1030. The molecule has 1 aliphatic rings. The number of halogens is 1. The summed E-state index contributed by atoms with van der Waals surface area (Å²) in [6.45, 7) is 2.27. The van der Waals surface area contributed by atoms with E-state index in [0.717, 1.165) is 0 Å². The first kappa shape index (κ1) is 22.9. The van der Waals surface area contributed by atoms with Crippen molar-refractivity contribution >= 4 is 22.0 Å². The monoisotopic (exact) mass is 449 g/mol. The average molecular weight is 450 g/mol. The number of ether oxygens (including phenoxy) is 2. The smallest absolute Gasteiger partial charge is 0.338 e. The highest BCUT2D eigenvalue weighted by atomic mass is 32.2. The second-order valence-corrected chi connectivity index (χ2v) is 9.10. The summed E-state index contributed by atoms with van der Waals surface area (Å²) in [6, 6.07) is 11.4. The Morgan fingerprint density at radius 1 is 1.06 bits per heavy atom. The summed E-state index contributed by atoms with van der Waals surface area (Å²) in [4.78, 5) is 24.1. The molecule has 1 heterocycles. The van der Waals surface area contributed by atoms with Crippen LogP contribution in [0.3, 0.4) is 0 Å². The SMILES string of the molecule is CCOC(=O)c1ccc(S(=O)(=O)N2CCC(C(=O)OCc3cccc(F)c3)CC2)cc1. The lowest BCUT2D eigenvalue weighted by Crippen LogP contribution is -2.40. The average Bonchev–Trinajstić information content (AvgIpc) is 2.78. The summed E-state index contributed by atoms with van der Waals surface area (Å²) in [7, 11) is -3.74. The van der Waals surface area contributed by atoms with Crippen molar-refractivity contribution in [1.82, 2.24) is 4.31 Å². The zero-order chi connectivity index (χ0) is 22.4. The summed E-state index contributed by atoms with van der Waals surface area (Å²) >= 11 is 0. The number of piperidine rings is 1. The van der Waals surface area contributed by atoms with E-state index in [1.807, 2.05) is 0 Å². The fourth-order valence-electron chi connectivity index (χ4n) is 3.36. The highest BCUT2D eigenvalue weighted by Gasteiger charge is 2.33. The molecule has 0 aliphatic carbocycles. The normalized spacial score (nSPS) is 15.4. The van der Waals surface area contributed by atoms with Crippen molar-refractivity contribution in [3.8, 4) is 0 Å². The van der Waals surface area contributed by atoms with Gasteiger partial charge >= 0.3 is 11.9 Å². The van der Waals surface area contributed by atoms with Gasteiger partial charge in [-0.15, -0.1) is 0 Å². The number of sulfonamides is 1. The predicted octanol–water partition coefficient (Wildman–Crippen LogP) is 3.15. The van der Waals surface area contributed by atoms with Gasteiger partial charge in [0, 0.05) is 13.1 Å². The molecule has 31 heavy (non-hydrogen) atoms. The number of nitrogens with zero attached hydrogens (tertiary/aromatic N) is 1. The van der Waals surface area contributed by atoms with Crippen LogP contribution in [0.5, 0.6) is 0 Å². The Kier molecular flexibility index (Phi) is 7.40. The van der Waals surface area contributed by atoms with Gasteiger partial charge in [0.2, 0.25) is 10.0 Å². The van der Waals surface area contributed by atoms with Gasteiger partial charge in [0.05, 0.1) is 23.0 Å². The molecule has 7 nitrogen and oxygen atoms in total. The van der Waals surface area contributed by atoms with Gasteiger partial charge < -0.3 is 9.47 Å². The van der Waals surface area contributed by atoms with Gasteiger partial charge in [0.1, 0.15) is 12.4 Å². The van der Waals surface area contributed by atoms with Gasteiger partial charge in [0.25, 0.3) is 0 Å². The summed E-state index contributed by atoms with van der Waals surface area (Å²) in [5, 5.41) is 0. The third-order valence-electron chi connectivity index (χ3n) is 5.06. The Hall–Kier alpha value is -2.78. The standard InChI is InChI=1S/C22H24FNO6S/c1-2-29-21(25)17-6-8-20(9-7-17)31(27,28)24-12-10-18(11-13-24)22(26)30-15-16-4-3-5-19(23)14-16/h3-9,14,18H,2,10-13,15H2,1H3. The van der Waals surface area contributed by atoms with Crippen LogP contribution in [-0.2, 0) is 30.9 Å². The van der Waals surface area contributed by atoms with Gasteiger partial charge in [-0.2, -0.15) is 4.31 Å². The molecule has 0 amide bonds. The van der Waals surface area contributed by atoms with Crippen LogP contribution in [0.15, 0.2) is 53.4 Å². The minimum Gasteiger partial charge on any atom is -0.462 e. The summed E-state index contributed by atoms with van der Waals surface area (Å²) in [5.41, 5.74) is 0.833. The molecule has 0 saturated carbocycles. The second-order valence-electron chi connectivity index (χ2n) is 7.16. The lowest BCUT2D eigenvalue weighted by molar-refractivity contribution is -0.151. The quantitative estimate of drug-likeness (QED) is 0.604. The van der Waals surface area contributed by atoms with Gasteiger partial charge in [-0.25, -0.2) is 17.6 Å². The molecule has 0 bridgehead atoms. The van der Waals surface area contributed by atoms with E-state index in [9.17, 15) is 22.4 Å². The number of benzene rings is 2. The minimum absolute atomic E-state index is 0.0259. The van der Waals surface area contributed by atoms with Crippen LogP contribution in [0, 0.1) is 11.7 Å². The van der Waals surface area contributed by atoms with Crippen molar-refractivity contribution in [3.05, 3.63) is 65.5 Å². The van der Waals surface area contributed by atoms with Gasteiger partial charge in [-0.3, -0.25) is 4.79 Å². The molecular formula is C22H24FNO6S. The zero-order valence-corrected chi connectivity index (χ0v) is 17.9. The van der Waals surface area contributed by atoms with Crippen molar-refractivity contribution in [2.75, 3.05) is 19.7 Å². The van der Waals surface area contributed by atoms with Gasteiger partial charge in [-0.1, -0.05) is 12.1 Å². The third-order valence-corrected chi connectivity index (χ3v) is 6.97. The van der Waals surface area contributed by atoms with E-state index >= 15 is 0 Å². The number of hydrogen-bond acceptors (Lipinski definition) is 6. The van der Waals surface area contributed by atoms with Gasteiger partial charge in [0.15, 0.2) is 0 Å². The summed E-state index contributed by atoms with van der Waals surface area (Å²) < 4.78 is 50.4. The molecule has 1 fully saturated rings. The van der Waals surface area contributed by atoms with E-state index in [0.29, 0.717) is 18.4 Å². The number of carbonyl (C=O) groups is 2. The topological polar surface area (TPSA) is 90.0 Å².